The monoisotopic (exact) mass is 261 g/mol. The number of phenolic OH excluding ortho intramolecular Hbond substituents is 1. The van der Waals surface area contributed by atoms with Crippen molar-refractivity contribution in [2.75, 3.05) is 5.32 Å². The van der Waals surface area contributed by atoms with E-state index in [0.29, 0.717) is 11.6 Å². The smallest absolute Gasteiger partial charge is 0.122 e. The van der Waals surface area contributed by atoms with E-state index in [-0.39, 0.29) is 5.75 Å². The van der Waals surface area contributed by atoms with Crippen LogP contribution in [0.1, 0.15) is 18.1 Å². The largest absolute Gasteiger partial charge is 0.508 e. The molecule has 0 saturated heterocycles. The Morgan fingerprint density at radius 3 is 2.61 bits per heavy atom. The van der Waals surface area contributed by atoms with Gasteiger partial charge in [0, 0.05) is 22.8 Å². The highest BCUT2D eigenvalue weighted by Gasteiger charge is 2.06. The van der Waals surface area contributed by atoms with Crippen LogP contribution in [0.5, 0.6) is 5.75 Å². The number of rotatable bonds is 4. The van der Waals surface area contributed by atoms with Crippen LogP contribution in [-0.4, -0.2) is 5.11 Å². The van der Waals surface area contributed by atoms with E-state index in [2.05, 4.69) is 18.3 Å². The van der Waals surface area contributed by atoms with Gasteiger partial charge in [0.15, 0.2) is 0 Å². The van der Waals surface area contributed by atoms with Crippen LogP contribution < -0.4 is 5.32 Å². The van der Waals surface area contributed by atoms with Crippen LogP contribution in [0.15, 0.2) is 42.5 Å². The van der Waals surface area contributed by atoms with Gasteiger partial charge in [-0.15, -0.1) is 0 Å². The quantitative estimate of drug-likeness (QED) is 0.864. The fourth-order valence-corrected chi connectivity index (χ4v) is 2.14. The minimum atomic E-state index is 0.226. The molecule has 0 aliphatic heterocycles. The van der Waals surface area contributed by atoms with Crippen molar-refractivity contribution in [2.45, 2.75) is 19.9 Å². The van der Waals surface area contributed by atoms with Crippen molar-refractivity contribution in [3.8, 4) is 5.75 Å². The number of anilines is 1. The zero-order valence-electron chi connectivity index (χ0n) is 10.3. The average molecular weight is 262 g/mol. The van der Waals surface area contributed by atoms with Crippen molar-refractivity contribution in [1.29, 1.82) is 0 Å². The van der Waals surface area contributed by atoms with Gasteiger partial charge in [-0.2, -0.15) is 0 Å². The summed E-state index contributed by atoms with van der Waals surface area (Å²) in [4.78, 5) is 0. The molecule has 0 amide bonds. The molecule has 0 spiro atoms. The number of halogens is 1. The normalized spacial score (nSPS) is 10.3. The molecule has 18 heavy (non-hydrogen) atoms. The van der Waals surface area contributed by atoms with Crippen LogP contribution in [0.2, 0.25) is 5.02 Å². The minimum Gasteiger partial charge on any atom is -0.508 e. The SMILES string of the molecule is CCc1ccccc1NCc1c(O)cccc1Cl. The fourth-order valence-electron chi connectivity index (χ4n) is 1.91. The highest BCUT2D eigenvalue weighted by molar-refractivity contribution is 6.31. The fraction of sp³-hybridized carbons (Fsp3) is 0.200. The highest BCUT2D eigenvalue weighted by Crippen LogP contribution is 2.26. The number of phenols is 1. The molecule has 94 valence electrons. The first-order chi connectivity index (χ1) is 8.72. The lowest BCUT2D eigenvalue weighted by atomic mass is 10.1. The molecule has 0 saturated carbocycles. The first-order valence-electron chi connectivity index (χ1n) is 6.00. The van der Waals surface area contributed by atoms with Gasteiger partial charge in [-0.3, -0.25) is 0 Å². The van der Waals surface area contributed by atoms with Crippen molar-refractivity contribution in [2.24, 2.45) is 0 Å². The Bertz CT molecular complexity index is 520. The highest BCUT2D eigenvalue weighted by atomic mass is 35.5. The summed E-state index contributed by atoms with van der Waals surface area (Å²) in [5.74, 6) is 0.226. The van der Waals surface area contributed by atoms with E-state index >= 15 is 0 Å². The summed E-state index contributed by atoms with van der Waals surface area (Å²) in [6.45, 7) is 2.63. The van der Waals surface area contributed by atoms with Crippen molar-refractivity contribution < 1.29 is 5.11 Å². The molecular formula is C15H16ClNO. The van der Waals surface area contributed by atoms with E-state index in [1.54, 1.807) is 18.2 Å². The van der Waals surface area contributed by atoms with Gasteiger partial charge in [-0.25, -0.2) is 0 Å². The summed E-state index contributed by atoms with van der Waals surface area (Å²) in [5, 5.41) is 13.7. The second kappa shape index (κ2) is 5.78. The first-order valence-corrected chi connectivity index (χ1v) is 6.38. The molecule has 3 heteroatoms. The molecule has 0 radical (unpaired) electrons. The Kier molecular flexibility index (Phi) is 4.11. The maximum absolute atomic E-state index is 9.77. The summed E-state index contributed by atoms with van der Waals surface area (Å²) >= 11 is 6.07. The molecule has 0 aliphatic carbocycles. The van der Waals surface area contributed by atoms with Crippen LogP contribution in [-0.2, 0) is 13.0 Å². The molecule has 2 aromatic carbocycles. The summed E-state index contributed by atoms with van der Waals surface area (Å²) in [6.07, 6.45) is 0.970. The molecule has 0 unspecified atom stereocenters. The lowest BCUT2D eigenvalue weighted by Gasteiger charge is -2.12. The van der Waals surface area contributed by atoms with Gasteiger partial charge in [0.25, 0.3) is 0 Å². The molecule has 0 bridgehead atoms. The van der Waals surface area contributed by atoms with Crippen LogP contribution in [0.25, 0.3) is 0 Å². The molecule has 0 aromatic heterocycles. The number of para-hydroxylation sites is 1. The van der Waals surface area contributed by atoms with Crippen molar-refractivity contribution in [1.82, 2.24) is 0 Å². The number of benzene rings is 2. The third kappa shape index (κ3) is 2.77. The maximum Gasteiger partial charge on any atom is 0.122 e. The van der Waals surface area contributed by atoms with E-state index in [1.165, 1.54) is 5.56 Å². The summed E-state index contributed by atoms with van der Waals surface area (Å²) < 4.78 is 0. The Labute approximate surface area is 112 Å². The maximum atomic E-state index is 9.77. The number of hydrogen-bond acceptors (Lipinski definition) is 2. The Balaban J connectivity index is 2.16. The topological polar surface area (TPSA) is 32.3 Å². The predicted molar refractivity (Wildman–Crippen MR) is 76.3 cm³/mol. The van der Waals surface area contributed by atoms with E-state index in [1.807, 2.05) is 18.2 Å². The summed E-state index contributed by atoms with van der Waals surface area (Å²) in [7, 11) is 0. The molecule has 0 heterocycles. The number of nitrogens with one attached hydrogen (secondary N) is 1. The van der Waals surface area contributed by atoms with E-state index in [0.717, 1.165) is 17.7 Å². The minimum absolute atomic E-state index is 0.226. The Morgan fingerprint density at radius 1 is 1.11 bits per heavy atom. The zero-order valence-corrected chi connectivity index (χ0v) is 11.0. The third-order valence-electron chi connectivity index (χ3n) is 2.95. The van der Waals surface area contributed by atoms with Crippen LogP contribution in [0.4, 0.5) is 5.69 Å². The van der Waals surface area contributed by atoms with Gasteiger partial charge in [-0.05, 0) is 30.2 Å². The van der Waals surface area contributed by atoms with Crippen molar-refractivity contribution in [3.63, 3.8) is 0 Å². The molecule has 0 aliphatic rings. The number of aryl methyl sites for hydroxylation is 1. The average Bonchev–Trinajstić information content (AvgIpc) is 2.38. The van der Waals surface area contributed by atoms with E-state index in [9.17, 15) is 5.11 Å². The Morgan fingerprint density at radius 2 is 1.89 bits per heavy atom. The second-order valence-corrected chi connectivity index (χ2v) is 4.51. The molecule has 0 fully saturated rings. The van der Waals surface area contributed by atoms with Crippen LogP contribution in [0.3, 0.4) is 0 Å². The number of hydrogen-bond donors (Lipinski definition) is 2. The lowest BCUT2D eigenvalue weighted by molar-refractivity contribution is 0.469. The third-order valence-corrected chi connectivity index (χ3v) is 3.30. The lowest BCUT2D eigenvalue weighted by Crippen LogP contribution is -2.02. The standard InChI is InChI=1S/C15H16ClNO/c1-2-11-6-3-4-8-14(11)17-10-12-13(16)7-5-9-15(12)18/h3-9,17-18H,2,10H2,1H3. The molecular weight excluding hydrogens is 246 g/mol. The Hall–Kier alpha value is -1.67. The molecule has 2 rings (SSSR count). The zero-order chi connectivity index (χ0) is 13.0. The van der Waals surface area contributed by atoms with Crippen LogP contribution in [0, 0.1) is 0 Å². The predicted octanol–water partition coefficient (Wildman–Crippen LogP) is 4.22. The van der Waals surface area contributed by atoms with Gasteiger partial charge >= 0.3 is 0 Å². The number of aromatic hydroxyl groups is 1. The molecule has 0 atom stereocenters. The van der Waals surface area contributed by atoms with Gasteiger partial charge in [0.2, 0.25) is 0 Å². The molecule has 2 N–H and O–H groups in total. The van der Waals surface area contributed by atoms with E-state index in [4.69, 9.17) is 11.6 Å². The van der Waals surface area contributed by atoms with Gasteiger partial charge < -0.3 is 10.4 Å². The van der Waals surface area contributed by atoms with Gasteiger partial charge in [-0.1, -0.05) is 42.8 Å². The van der Waals surface area contributed by atoms with Crippen LogP contribution >= 0.6 is 11.6 Å². The van der Waals surface area contributed by atoms with Gasteiger partial charge in [0.1, 0.15) is 5.75 Å². The van der Waals surface area contributed by atoms with Gasteiger partial charge in [0.05, 0.1) is 0 Å². The first kappa shape index (κ1) is 12.8. The molecule has 2 aromatic rings. The van der Waals surface area contributed by atoms with Crippen molar-refractivity contribution in [3.05, 3.63) is 58.6 Å². The van der Waals surface area contributed by atoms with Crippen molar-refractivity contribution >= 4 is 17.3 Å². The summed E-state index contributed by atoms with van der Waals surface area (Å²) in [5.41, 5.74) is 3.06. The second-order valence-electron chi connectivity index (χ2n) is 4.10. The molecule has 2 nitrogen and oxygen atoms in total. The summed E-state index contributed by atoms with van der Waals surface area (Å²) in [6, 6.07) is 13.3. The van der Waals surface area contributed by atoms with E-state index < -0.39 is 0 Å².